The lowest BCUT2D eigenvalue weighted by molar-refractivity contribution is -0.406. The molecule has 43 heteroatoms. The van der Waals surface area contributed by atoms with E-state index in [-0.39, 0.29) is 41.9 Å². The first-order valence-corrected chi connectivity index (χ1v) is 39.3. The third kappa shape index (κ3) is 18.1. The average Bonchev–Trinajstić information content (AvgIpc) is 1.28. The van der Waals surface area contributed by atoms with Crippen LogP contribution in [0.5, 0.6) is 5.75 Å². The monoisotopic (exact) mass is 1630 g/mol. The first-order valence-electron chi connectivity index (χ1n) is 35.2. The van der Waals surface area contributed by atoms with E-state index in [1.165, 1.54) is 53.1 Å². The number of phenolic OH excluding ortho intramolecular Hbond substituents is 1. The van der Waals surface area contributed by atoms with E-state index in [4.69, 9.17) is 76.3 Å². The van der Waals surface area contributed by atoms with Crippen LogP contribution in [0.3, 0.4) is 0 Å². The third-order valence-electron chi connectivity index (χ3n) is 20.3. The second-order valence-corrected chi connectivity index (χ2v) is 31.9. The minimum Gasteiger partial charge on any atom is -0.508 e. The molecule has 39 nitrogen and oxygen atoms in total. The fourth-order valence-electron chi connectivity index (χ4n) is 14.3. The minimum atomic E-state index is -2.23. The highest BCUT2D eigenvalue weighted by Gasteiger charge is 2.61. The number of ether oxygens (including phenoxy) is 14. The van der Waals surface area contributed by atoms with E-state index < -0.39 is 247 Å². The summed E-state index contributed by atoms with van der Waals surface area (Å²) in [7, 11) is 0. The van der Waals surface area contributed by atoms with Crippen molar-refractivity contribution in [3.05, 3.63) is 80.2 Å². The maximum atomic E-state index is 12.2. The predicted octanol–water partition coefficient (Wildman–Crippen LogP) is -7.19. The number of thiazole rings is 2. The SMILES string of the molecule is CC1(CO)O[C@@H]2O[C@H]3C(O)C(O)[C@H](O[C@@H]3CO)O[C@H]3C(O)C(O)[C@H](O[C@@H]3CO)O[C@H]3C(O)C(O)[C@@H]4O[C@@H]3CSCc3csc(n3)CNc3cc(NCc5ccc(O)cc5)cc(c3)NCc3nc(cs3)CSC[C@H]3O[C@H](O[C@H]1C(O)C2O)C(O)C(O)[C@@H]3O[C@H]1O[C@H](CO)[C@@H](O[C@H]2O[C@H](CO)[C@@H](O4)C(O)C2O)C(O)C1O. The van der Waals surface area contributed by atoms with Crippen LogP contribution in [0.4, 0.5) is 17.1 Å². The molecule has 26 heterocycles. The second-order valence-electron chi connectivity index (χ2n) is 28.0. The zero-order chi connectivity index (χ0) is 77.4. The molecule has 21 saturated heterocycles. The van der Waals surface area contributed by atoms with Crippen LogP contribution in [0.15, 0.2) is 53.2 Å². The van der Waals surface area contributed by atoms with Gasteiger partial charge < -0.3 is 184 Å². The van der Waals surface area contributed by atoms with Crippen molar-refractivity contribution in [2.75, 3.05) is 60.5 Å². The van der Waals surface area contributed by atoms with E-state index in [1.54, 1.807) is 24.3 Å². The molecule has 28 rings (SSSR count). The number of nitrogens with one attached hydrogen (secondary N) is 3. The Hall–Kier alpha value is -3.72. The number of nitrogens with zero attached hydrogens (tertiary/aromatic N) is 2. The topological polar surface area (TPSA) is 596 Å². The highest BCUT2D eigenvalue weighted by molar-refractivity contribution is 7.98. The van der Waals surface area contributed by atoms with Gasteiger partial charge in [0.25, 0.3) is 0 Å². The number of aromatic hydroxyl groups is 1. The number of aliphatic hydroxyl groups is 19. The van der Waals surface area contributed by atoms with Crippen LogP contribution in [0.2, 0.25) is 0 Å². The molecule has 35 atom stereocenters. The molecule has 23 N–H and O–H groups in total. The summed E-state index contributed by atoms with van der Waals surface area (Å²) in [4.78, 5) is 9.70. The Labute approximate surface area is 637 Å². The van der Waals surface area contributed by atoms with Crippen LogP contribution in [-0.2, 0) is 97.5 Å². The zero-order valence-corrected chi connectivity index (χ0v) is 61.3. The molecule has 0 spiro atoms. The summed E-state index contributed by atoms with van der Waals surface area (Å²) in [5.74, 6) is 0.0612. The van der Waals surface area contributed by atoms with Gasteiger partial charge in [-0.15, -0.1) is 22.7 Å². The van der Waals surface area contributed by atoms with Crippen molar-refractivity contribution in [1.29, 1.82) is 0 Å². The smallest absolute Gasteiger partial charge is 0.187 e. The predicted molar refractivity (Wildman–Crippen MR) is 372 cm³/mol. The van der Waals surface area contributed by atoms with Gasteiger partial charge >= 0.3 is 0 Å². The van der Waals surface area contributed by atoms with Gasteiger partial charge in [0.05, 0.1) is 69.7 Å². The van der Waals surface area contributed by atoms with E-state index in [2.05, 4.69) is 16.0 Å². The molecule has 22 bridgehead atoms. The summed E-state index contributed by atoms with van der Waals surface area (Å²) in [6.07, 6.45) is -67.8. The summed E-state index contributed by atoms with van der Waals surface area (Å²) in [6, 6.07) is 12.4. The van der Waals surface area contributed by atoms with Gasteiger partial charge in [0.15, 0.2) is 44.0 Å². The average molecular weight is 1630 g/mol. The van der Waals surface area contributed by atoms with Gasteiger partial charge in [0.1, 0.15) is 174 Å². The molecule has 15 unspecified atom stereocenters. The number of anilines is 3. The Morgan fingerprint density at radius 2 is 0.771 bits per heavy atom. The van der Waals surface area contributed by atoms with Gasteiger partial charge in [0.2, 0.25) is 0 Å². The highest BCUT2D eigenvalue weighted by atomic mass is 32.2. The summed E-state index contributed by atoms with van der Waals surface area (Å²) in [6.45, 7) is -3.16. The minimum absolute atomic E-state index is 0.109. The molecule has 2 aromatic carbocycles. The number of phenols is 1. The fraction of sp³-hybridized carbons (Fsp3) is 0.727. The van der Waals surface area contributed by atoms with Crippen LogP contribution in [-0.4, -0.2) is 371 Å². The lowest BCUT2D eigenvalue weighted by atomic mass is 9.88. The number of thioether (sulfide) groups is 2. The third-order valence-corrected chi connectivity index (χ3v) is 24.3. The van der Waals surface area contributed by atoms with Gasteiger partial charge in [-0.1, -0.05) is 12.1 Å². The maximum Gasteiger partial charge on any atom is 0.187 e. The number of hydrogen-bond acceptors (Lipinski definition) is 43. The van der Waals surface area contributed by atoms with E-state index in [9.17, 15) is 102 Å². The molecule has 4 aromatic rings. The summed E-state index contributed by atoms with van der Waals surface area (Å²) >= 11 is 5.02. The molecule has 0 aliphatic carbocycles. The summed E-state index contributed by atoms with van der Waals surface area (Å²) in [5.41, 5.74) is 1.91. The Kier molecular flexibility index (Phi) is 27.6. The maximum absolute atomic E-state index is 12.2. The van der Waals surface area contributed by atoms with Crippen molar-refractivity contribution in [1.82, 2.24) is 9.97 Å². The molecule has 24 aliphatic heterocycles. The molecule has 0 saturated carbocycles. The normalized spacial score (nSPS) is 44.3. The van der Waals surface area contributed by atoms with Crippen molar-refractivity contribution >= 4 is 63.3 Å². The lowest BCUT2D eigenvalue weighted by Gasteiger charge is -2.52. The summed E-state index contributed by atoms with van der Waals surface area (Å²) in [5, 5.41) is 246. The van der Waals surface area contributed by atoms with Gasteiger partial charge in [-0.2, -0.15) is 23.5 Å². The Bertz CT molecular complexity index is 3550. The van der Waals surface area contributed by atoms with Crippen molar-refractivity contribution in [3.8, 4) is 5.75 Å². The molecule has 0 amide bonds. The van der Waals surface area contributed by atoms with Crippen LogP contribution in [0.1, 0.15) is 33.9 Å². The number of aliphatic hydroxyl groups excluding tert-OH is 19. The molecular formula is C66H93N5O34S4. The van der Waals surface area contributed by atoms with E-state index in [1.807, 2.05) is 29.0 Å². The molecule has 109 heavy (non-hydrogen) atoms. The van der Waals surface area contributed by atoms with Crippen LogP contribution < -0.4 is 16.0 Å². The molecule has 610 valence electrons. The van der Waals surface area contributed by atoms with Crippen LogP contribution >= 0.6 is 46.2 Å². The van der Waals surface area contributed by atoms with Crippen LogP contribution in [0.25, 0.3) is 0 Å². The first-order chi connectivity index (χ1) is 52.3. The summed E-state index contributed by atoms with van der Waals surface area (Å²) < 4.78 is 85.2. The van der Waals surface area contributed by atoms with Crippen molar-refractivity contribution in [3.63, 3.8) is 0 Å². The van der Waals surface area contributed by atoms with Crippen LogP contribution in [0, 0.1) is 0 Å². The molecule has 2 aromatic heterocycles. The highest BCUT2D eigenvalue weighted by Crippen LogP contribution is 2.42. The van der Waals surface area contributed by atoms with E-state index >= 15 is 0 Å². The Morgan fingerprint density at radius 1 is 0.422 bits per heavy atom. The van der Waals surface area contributed by atoms with E-state index in [0.29, 0.717) is 45.0 Å². The van der Waals surface area contributed by atoms with E-state index in [0.717, 1.165) is 5.56 Å². The zero-order valence-electron chi connectivity index (χ0n) is 58.0. The second kappa shape index (κ2) is 36.2. The molecular weight excluding hydrogens is 1530 g/mol. The quantitative estimate of drug-likeness (QED) is 0.0779. The molecule has 0 radical (unpaired) electrons. The molecule has 24 aliphatic rings. The van der Waals surface area contributed by atoms with Gasteiger partial charge in [0, 0.05) is 57.4 Å². The number of rotatable bonds is 8. The number of aromatic nitrogens is 2. The number of benzene rings is 2. The first kappa shape index (κ1) is 83.2. The van der Waals surface area contributed by atoms with Gasteiger partial charge in [-0.25, -0.2) is 9.97 Å². The van der Waals surface area contributed by atoms with Crippen molar-refractivity contribution in [2.45, 2.75) is 253 Å². The van der Waals surface area contributed by atoms with Gasteiger partial charge in [-0.3, -0.25) is 0 Å². The number of hydrogen-bond donors (Lipinski definition) is 23. The van der Waals surface area contributed by atoms with Crippen molar-refractivity contribution < 1.29 is 168 Å². The Balaban J connectivity index is 0.862. The fourth-order valence-corrected chi connectivity index (χ4v) is 17.9. The molecule has 21 fully saturated rings. The Morgan fingerprint density at radius 3 is 1.16 bits per heavy atom. The lowest BCUT2D eigenvalue weighted by Crippen LogP contribution is -2.70. The standard InChI is InChI=1S/C66H93N5O34S4/c1-66(22-76)58-44(84)51(91)65(105-66)103-55-33(15-75)95-60(48(88)41(55)81)99-53-31(13-73)93-61(46(86)39(53)79)101-56-34-20-106-16-27-18-108-36(70-27)10-68-25-6-24(67-9-23-2-4-29(77)5-3-23)7-26(8-25)69-11-37-71-28(19-109-37)17-107-21-35-57(43(83)50(90)64(97-35)104-58)102-62-47(87)40(80)52(30(12-72)94-62)98-59-45(85)38(78)54(32(14-74)92-59)100-63(96-34)49(89)42(56)82/h2-8,18-19,30-35,38-65,67-69,72-91H,9-17,20-22H2,1H3/t30-,31-,32-,33-,34-,35-,38?,39?,40?,41?,42?,43?,44?,45?,46?,47?,48?,49?,50?,51?,52-,53-,54-,55-,56-,57-,58+,59-,60-,61-,62-,63-,64-,65+,66?/m1/s1. The van der Waals surface area contributed by atoms with Gasteiger partial charge in [-0.05, 0) is 42.8 Å². The van der Waals surface area contributed by atoms with Crippen molar-refractivity contribution in [2.24, 2.45) is 0 Å². The largest absolute Gasteiger partial charge is 0.508 e.